The van der Waals surface area contributed by atoms with Crippen molar-refractivity contribution in [1.82, 2.24) is 0 Å². The van der Waals surface area contributed by atoms with Gasteiger partial charge < -0.3 is 14.9 Å². The Labute approximate surface area is 116 Å². The molecule has 0 aromatic heterocycles. The second-order valence-corrected chi connectivity index (χ2v) is 4.26. The minimum absolute atomic E-state index is 0.0334. The van der Waals surface area contributed by atoms with E-state index in [1.54, 1.807) is 6.92 Å². The highest BCUT2D eigenvalue weighted by molar-refractivity contribution is 5.93. The molecule has 20 heavy (non-hydrogen) atoms. The summed E-state index contributed by atoms with van der Waals surface area (Å²) in [6.45, 7) is 3.21. The number of rotatable bonds is 6. The zero-order chi connectivity index (χ0) is 15.3. The lowest BCUT2D eigenvalue weighted by Gasteiger charge is -2.12. The quantitative estimate of drug-likeness (QED) is 0.757. The van der Waals surface area contributed by atoms with Crippen LogP contribution in [-0.2, 0) is 20.7 Å². The highest BCUT2D eigenvalue weighted by atomic mass is 16.5. The maximum absolute atomic E-state index is 11.7. The highest BCUT2D eigenvalue weighted by Gasteiger charge is 2.20. The van der Waals surface area contributed by atoms with Crippen LogP contribution in [0.1, 0.15) is 41.4 Å². The molecule has 0 fully saturated rings. The molecule has 0 radical (unpaired) electrons. The minimum Gasteiger partial charge on any atom is -0.479 e. The van der Waals surface area contributed by atoms with Crippen LogP contribution in [0.4, 0.5) is 0 Å². The summed E-state index contributed by atoms with van der Waals surface area (Å²) < 4.78 is 4.87. The van der Waals surface area contributed by atoms with Crippen molar-refractivity contribution in [3.8, 4) is 0 Å². The number of aliphatic hydroxyl groups excluding tert-OH is 1. The Kier molecular flexibility index (Phi) is 5.40. The van der Waals surface area contributed by atoms with E-state index in [0.717, 1.165) is 0 Å². The number of hydrogen-bond acceptors (Lipinski definition) is 5. The molecule has 1 aromatic rings. The summed E-state index contributed by atoms with van der Waals surface area (Å²) >= 11 is 0. The number of benzene rings is 1. The molecule has 0 saturated heterocycles. The van der Waals surface area contributed by atoms with Gasteiger partial charge in [0.25, 0.3) is 0 Å². The molecule has 2 N–H and O–H groups in total. The topological polar surface area (TPSA) is 101 Å². The monoisotopic (exact) mass is 280 g/mol. The van der Waals surface area contributed by atoms with Gasteiger partial charge in [-0.2, -0.15) is 0 Å². The number of aliphatic hydroxyl groups is 1. The first-order valence-electron chi connectivity index (χ1n) is 6.07. The Hall–Kier alpha value is -2.21. The van der Waals surface area contributed by atoms with Crippen molar-refractivity contribution in [2.75, 3.05) is 6.61 Å². The fraction of sp³-hybridized carbons (Fsp3) is 0.357. The van der Waals surface area contributed by atoms with Gasteiger partial charge in [0.2, 0.25) is 0 Å². The van der Waals surface area contributed by atoms with E-state index in [-0.39, 0.29) is 29.9 Å². The van der Waals surface area contributed by atoms with E-state index < -0.39 is 18.0 Å². The molecule has 108 valence electrons. The molecule has 0 aliphatic heterocycles. The van der Waals surface area contributed by atoms with Gasteiger partial charge in [0.15, 0.2) is 6.10 Å². The fourth-order valence-electron chi connectivity index (χ4n) is 1.75. The molecule has 1 aromatic carbocycles. The number of esters is 1. The van der Waals surface area contributed by atoms with E-state index in [1.807, 2.05) is 0 Å². The molecular weight excluding hydrogens is 264 g/mol. The van der Waals surface area contributed by atoms with Crippen LogP contribution < -0.4 is 0 Å². The second-order valence-electron chi connectivity index (χ2n) is 4.26. The Morgan fingerprint density at radius 2 is 1.95 bits per heavy atom. The van der Waals surface area contributed by atoms with E-state index in [2.05, 4.69) is 0 Å². The van der Waals surface area contributed by atoms with Crippen LogP contribution in [0.25, 0.3) is 0 Å². The summed E-state index contributed by atoms with van der Waals surface area (Å²) in [7, 11) is 0. The summed E-state index contributed by atoms with van der Waals surface area (Å²) in [4.78, 5) is 33.7. The maximum Gasteiger partial charge on any atom is 0.338 e. The van der Waals surface area contributed by atoms with Gasteiger partial charge in [0.1, 0.15) is 5.78 Å². The number of Topliss-reactive ketones (excluding diaryl/α,β-unsaturated/α-hetero) is 1. The van der Waals surface area contributed by atoms with Gasteiger partial charge >= 0.3 is 11.9 Å². The molecular formula is C14H16O6. The van der Waals surface area contributed by atoms with Gasteiger partial charge in [0, 0.05) is 6.42 Å². The van der Waals surface area contributed by atoms with Crippen LogP contribution >= 0.6 is 0 Å². The van der Waals surface area contributed by atoms with Gasteiger partial charge in [-0.15, -0.1) is 0 Å². The number of carboxylic acid groups (broad SMARTS) is 1. The molecule has 1 rings (SSSR count). The summed E-state index contributed by atoms with van der Waals surface area (Å²) in [5, 5.41) is 18.3. The van der Waals surface area contributed by atoms with Crippen LogP contribution in [0.2, 0.25) is 0 Å². The molecule has 0 spiro atoms. The van der Waals surface area contributed by atoms with Crippen molar-refractivity contribution in [2.24, 2.45) is 0 Å². The van der Waals surface area contributed by atoms with Gasteiger partial charge in [0.05, 0.1) is 12.2 Å². The van der Waals surface area contributed by atoms with E-state index in [4.69, 9.17) is 9.84 Å². The van der Waals surface area contributed by atoms with Crippen LogP contribution in [0.3, 0.4) is 0 Å². The Bertz CT molecular complexity index is 534. The minimum atomic E-state index is -1.70. The van der Waals surface area contributed by atoms with Crippen LogP contribution in [0.15, 0.2) is 18.2 Å². The standard InChI is InChI=1S/C14H16O6/c1-3-20-14(19)11-5-4-9(12(16)13(17)18)7-10(11)6-8(2)15/h4-5,7,12,16H,3,6H2,1-2H3,(H,17,18). The average molecular weight is 280 g/mol. The normalized spacial score (nSPS) is 11.8. The number of aliphatic carboxylic acids is 1. The summed E-state index contributed by atoms with van der Waals surface area (Å²) in [6.07, 6.45) is -1.73. The van der Waals surface area contributed by atoms with E-state index in [0.29, 0.717) is 5.56 Å². The lowest BCUT2D eigenvalue weighted by atomic mass is 9.97. The second kappa shape index (κ2) is 6.81. The van der Waals surface area contributed by atoms with Crippen molar-refractivity contribution in [2.45, 2.75) is 26.4 Å². The lowest BCUT2D eigenvalue weighted by Crippen LogP contribution is -2.14. The number of carbonyl (C=O) groups is 3. The summed E-state index contributed by atoms with van der Waals surface area (Å²) in [5.41, 5.74) is 0.652. The average Bonchev–Trinajstić information content (AvgIpc) is 2.37. The number of hydrogen-bond donors (Lipinski definition) is 2. The molecule has 0 amide bonds. The molecule has 1 atom stereocenters. The van der Waals surface area contributed by atoms with Crippen molar-refractivity contribution in [1.29, 1.82) is 0 Å². The zero-order valence-corrected chi connectivity index (χ0v) is 11.3. The van der Waals surface area contributed by atoms with Crippen molar-refractivity contribution in [3.63, 3.8) is 0 Å². The third-order valence-corrected chi connectivity index (χ3v) is 2.61. The first kappa shape index (κ1) is 15.8. The lowest BCUT2D eigenvalue weighted by molar-refractivity contribution is -0.146. The maximum atomic E-state index is 11.7. The SMILES string of the molecule is CCOC(=O)c1ccc(C(O)C(=O)O)cc1CC(C)=O. The Morgan fingerprint density at radius 3 is 2.45 bits per heavy atom. The smallest absolute Gasteiger partial charge is 0.338 e. The van der Waals surface area contributed by atoms with E-state index >= 15 is 0 Å². The van der Waals surface area contributed by atoms with Crippen molar-refractivity contribution < 1.29 is 29.3 Å². The molecule has 1 unspecified atom stereocenters. The van der Waals surface area contributed by atoms with Crippen LogP contribution in [0, 0.1) is 0 Å². The van der Waals surface area contributed by atoms with Gasteiger partial charge in [-0.05, 0) is 31.0 Å². The summed E-state index contributed by atoms with van der Waals surface area (Å²) in [6, 6.07) is 4.03. The third-order valence-electron chi connectivity index (χ3n) is 2.61. The fourth-order valence-corrected chi connectivity index (χ4v) is 1.75. The predicted octanol–water partition coefficient (Wildman–Crippen LogP) is 1.11. The first-order valence-corrected chi connectivity index (χ1v) is 6.07. The van der Waals surface area contributed by atoms with Crippen LogP contribution in [-0.4, -0.2) is 34.5 Å². The largest absolute Gasteiger partial charge is 0.479 e. The molecule has 0 saturated carbocycles. The van der Waals surface area contributed by atoms with Crippen molar-refractivity contribution >= 4 is 17.7 Å². The van der Waals surface area contributed by atoms with Gasteiger partial charge in [-0.3, -0.25) is 4.79 Å². The first-order chi connectivity index (χ1) is 9.36. The van der Waals surface area contributed by atoms with E-state index in [1.165, 1.54) is 25.1 Å². The molecule has 0 aliphatic carbocycles. The number of carboxylic acids is 1. The Morgan fingerprint density at radius 1 is 1.30 bits per heavy atom. The zero-order valence-electron chi connectivity index (χ0n) is 11.3. The third kappa shape index (κ3) is 3.89. The van der Waals surface area contributed by atoms with Crippen molar-refractivity contribution in [3.05, 3.63) is 34.9 Å². The van der Waals surface area contributed by atoms with Crippen LogP contribution in [0.5, 0.6) is 0 Å². The molecule has 0 aliphatic rings. The molecule has 6 nitrogen and oxygen atoms in total. The molecule has 0 heterocycles. The molecule has 6 heteroatoms. The predicted molar refractivity (Wildman–Crippen MR) is 69.4 cm³/mol. The number of ether oxygens (including phenoxy) is 1. The Balaban J connectivity index is 3.22. The van der Waals surface area contributed by atoms with Gasteiger partial charge in [-0.25, -0.2) is 9.59 Å². The van der Waals surface area contributed by atoms with E-state index in [9.17, 15) is 19.5 Å². The highest BCUT2D eigenvalue weighted by Crippen LogP contribution is 2.20. The summed E-state index contributed by atoms with van der Waals surface area (Å²) in [5.74, 6) is -2.17. The molecule has 0 bridgehead atoms. The number of carbonyl (C=O) groups excluding carboxylic acids is 2. The number of ketones is 1. The van der Waals surface area contributed by atoms with Gasteiger partial charge in [-0.1, -0.05) is 12.1 Å².